The minimum absolute atomic E-state index is 0.0112. The summed E-state index contributed by atoms with van der Waals surface area (Å²) in [5.74, 6) is 0.0698. The van der Waals surface area contributed by atoms with Gasteiger partial charge in [-0.2, -0.15) is 0 Å². The molecule has 0 spiro atoms. The summed E-state index contributed by atoms with van der Waals surface area (Å²) < 4.78 is 0.814. The number of benzene rings is 2. The number of aliphatic hydroxyl groups is 1. The van der Waals surface area contributed by atoms with E-state index in [0.717, 1.165) is 53.6 Å². The molecule has 12 heteroatoms. The Morgan fingerprint density at radius 3 is 2.70 bits per heavy atom. The average Bonchev–Trinajstić information content (AvgIpc) is 3.60. The van der Waals surface area contributed by atoms with Crippen LogP contribution in [0.3, 0.4) is 0 Å². The molecule has 40 heavy (non-hydrogen) atoms. The van der Waals surface area contributed by atoms with E-state index in [1.165, 1.54) is 23.1 Å². The maximum atomic E-state index is 12.6. The second-order valence-corrected chi connectivity index (χ2v) is 12.9. The first-order valence-electron chi connectivity index (χ1n) is 13.2. The van der Waals surface area contributed by atoms with Gasteiger partial charge in [-0.1, -0.05) is 53.2 Å². The van der Waals surface area contributed by atoms with Crippen LogP contribution in [-0.2, 0) is 16.1 Å². The van der Waals surface area contributed by atoms with Crippen molar-refractivity contribution in [2.24, 2.45) is 0 Å². The largest absolute Gasteiger partial charge is 0.391 e. The van der Waals surface area contributed by atoms with Gasteiger partial charge in [0, 0.05) is 42.3 Å². The number of carbonyl (C=O) groups is 2. The van der Waals surface area contributed by atoms with Crippen molar-refractivity contribution in [1.82, 2.24) is 20.5 Å². The monoisotopic (exact) mass is 619 g/mol. The summed E-state index contributed by atoms with van der Waals surface area (Å²) in [6.07, 6.45) is 1.70. The van der Waals surface area contributed by atoms with E-state index in [-0.39, 0.29) is 17.9 Å². The minimum Gasteiger partial charge on any atom is -0.391 e. The first-order valence-corrected chi connectivity index (χ1v) is 15.8. The number of thioether (sulfide) groups is 1. The zero-order chi connectivity index (χ0) is 28.1. The van der Waals surface area contributed by atoms with Crippen LogP contribution in [0.5, 0.6) is 0 Å². The van der Waals surface area contributed by atoms with Crippen molar-refractivity contribution in [3.05, 3.63) is 63.5 Å². The van der Waals surface area contributed by atoms with Crippen LogP contribution in [0.2, 0.25) is 10.0 Å². The third-order valence-corrected chi connectivity index (χ3v) is 9.81. The highest BCUT2D eigenvalue weighted by Crippen LogP contribution is 2.30. The fourth-order valence-corrected chi connectivity index (χ4v) is 6.88. The van der Waals surface area contributed by atoms with Gasteiger partial charge in [-0.05, 0) is 55.6 Å². The SMILES string of the molecule is O=C(CSc1nc(-c2cccc(NC(=O)[C@@H]3NCCC3O)c2)cs1)NC1CCN(Cc2ccc(Cl)c(Cl)c2)CC1. The van der Waals surface area contributed by atoms with Gasteiger partial charge in [-0.15, -0.1) is 11.3 Å². The molecule has 0 saturated carbocycles. The first-order chi connectivity index (χ1) is 19.3. The summed E-state index contributed by atoms with van der Waals surface area (Å²) in [4.78, 5) is 32.2. The number of nitrogens with one attached hydrogen (secondary N) is 3. The maximum Gasteiger partial charge on any atom is 0.244 e. The number of thiazole rings is 1. The summed E-state index contributed by atoms with van der Waals surface area (Å²) in [5, 5.41) is 22.1. The highest BCUT2D eigenvalue weighted by molar-refractivity contribution is 8.01. The molecule has 5 rings (SSSR count). The fourth-order valence-electron chi connectivity index (χ4n) is 4.92. The second-order valence-electron chi connectivity index (χ2n) is 10.0. The summed E-state index contributed by atoms with van der Waals surface area (Å²) in [5.41, 5.74) is 3.44. The lowest BCUT2D eigenvalue weighted by molar-refractivity contribution is -0.120. The van der Waals surface area contributed by atoms with Crippen molar-refractivity contribution in [2.75, 3.05) is 30.7 Å². The zero-order valence-electron chi connectivity index (χ0n) is 21.7. The molecule has 8 nitrogen and oxygen atoms in total. The lowest BCUT2D eigenvalue weighted by atomic mass is 10.0. The third-order valence-electron chi connectivity index (χ3n) is 7.05. The summed E-state index contributed by atoms with van der Waals surface area (Å²) >= 11 is 15.1. The Bertz CT molecular complexity index is 1350. The zero-order valence-corrected chi connectivity index (χ0v) is 24.9. The van der Waals surface area contributed by atoms with Crippen molar-refractivity contribution in [2.45, 2.75) is 48.3 Å². The number of nitrogens with zero attached hydrogens (tertiary/aromatic N) is 2. The molecule has 1 unspecified atom stereocenters. The van der Waals surface area contributed by atoms with Gasteiger partial charge in [0.15, 0.2) is 4.34 Å². The first kappa shape index (κ1) is 29.3. The van der Waals surface area contributed by atoms with Crippen LogP contribution in [0.1, 0.15) is 24.8 Å². The molecule has 2 aliphatic rings. The number of hydrogen-bond acceptors (Lipinski definition) is 8. The number of carbonyl (C=O) groups excluding carboxylic acids is 2. The summed E-state index contributed by atoms with van der Waals surface area (Å²) in [7, 11) is 0. The predicted octanol–water partition coefficient (Wildman–Crippen LogP) is 4.65. The molecule has 2 amide bonds. The van der Waals surface area contributed by atoms with E-state index in [2.05, 4.69) is 25.8 Å². The van der Waals surface area contributed by atoms with Crippen LogP contribution in [-0.4, -0.2) is 70.4 Å². The molecule has 2 fully saturated rings. The Morgan fingerprint density at radius 1 is 1.12 bits per heavy atom. The van der Waals surface area contributed by atoms with Gasteiger partial charge in [-0.3, -0.25) is 14.5 Å². The normalized spacial score (nSPS) is 20.0. The average molecular weight is 621 g/mol. The van der Waals surface area contributed by atoms with E-state index in [1.54, 1.807) is 0 Å². The Kier molecular flexibility index (Phi) is 10.0. The minimum atomic E-state index is -0.675. The molecule has 212 valence electrons. The third kappa shape index (κ3) is 7.76. The number of piperidine rings is 1. The van der Waals surface area contributed by atoms with E-state index in [1.807, 2.05) is 47.8 Å². The van der Waals surface area contributed by atoms with E-state index in [4.69, 9.17) is 23.2 Å². The van der Waals surface area contributed by atoms with Gasteiger partial charge in [0.05, 0.1) is 27.6 Å². The van der Waals surface area contributed by atoms with Crippen LogP contribution in [0.15, 0.2) is 52.2 Å². The van der Waals surface area contributed by atoms with E-state index < -0.39 is 12.1 Å². The Morgan fingerprint density at radius 2 is 1.95 bits per heavy atom. The molecule has 3 aromatic rings. The Balaban J connectivity index is 1.06. The molecule has 2 saturated heterocycles. The van der Waals surface area contributed by atoms with Crippen LogP contribution in [0.25, 0.3) is 11.3 Å². The molecule has 2 aromatic carbocycles. The Hall–Kier alpha value is -2.18. The van der Waals surface area contributed by atoms with Crippen molar-refractivity contribution < 1.29 is 14.7 Å². The van der Waals surface area contributed by atoms with Gasteiger partial charge < -0.3 is 21.1 Å². The Labute approximate surface area is 251 Å². The van der Waals surface area contributed by atoms with Gasteiger partial charge >= 0.3 is 0 Å². The molecular weight excluding hydrogens is 589 g/mol. The van der Waals surface area contributed by atoms with Crippen molar-refractivity contribution in [3.8, 4) is 11.3 Å². The summed E-state index contributed by atoms with van der Waals surface area (Å²) in [6.45, 7) is 3.25. The molecule has 2 atom stereocenters. The fraction of sp³-hybridized carbons (Fsp3) is 0.393. The number of rotatable bonds is 9. The number of likely N-dealkylation sites (tertiary alicyclic amines) is 1. The molecule has 1 aromatic heterocycles. The number of anilines is 1. The van der Waals surface area contributed by atoms with Crippen LogP contribution >= 0.6 is 46.3 Å². The molecule has 0 bridgehead atoms. The molecule has 0 aliphatic carbocycles. The number of amides is 2. The topological polar surface area (TPSA) is 107 Å². The number of aliphatic hydroxyl groups excluding tert-OH is 1. The quantitative estimate of drug-likeness (QED) is 0.258. The highest BCUT2D eigenvalue weighted by atomic mass is 35.5. The van der Waals surface area contributed by atoms with Gasteiger partial charge in [0.2, 0.25) is 11.8 Å². The lowest BCUT2D eigenvalue weighted by Crippen LogP contribution is -2.44. The lowest BCUT2D eigenvalue weighted by Gasteiger charge is -2.32. The molecule has 3 heterocycles. The maximum absolute atomic E-state index is 12.6. The second kappa shape index (κ2) is 13.7. The number of halogens is 2. The van der Waals surface area contributed by atoms with Crippen LogP contribution in [0, 0.1) is 0 Å². The number of hydrogen-bond donors (Lipinski definition) is 4. The van der Waals surface area contributed by atoms with Gasteiger partial charge in [0.25, 0.3) is 0 Å². The van der Waals surface area contributed by atoms with E-state index in [9.17, 15) is 14.7 Å². The van der Waals surface area contributed by atoms with Crippen molar-refractivity contribution >= 4 is 63.8 Å². The van der Waals surface area contributed by atoms with Crippen molar-refractivity contribution in [1.29, 1.82) is 0 Å². The standard InChI is InChI=1S/C28H31Cl2N5O3S2/c29-21-5-4-17(12-22(21)30)14-35-10-7-19(8-11-35)32-25(37)16-40-28-34-23(15-39-28)18-2-1-3-20(13-18)33-27(38)26-24(36)6-9-31-26/h1-5,12-13,15,19,24,26,31,36H,6-11,14,16H2,(H,32,37)(H,33,38)/t24?,26-/m1/s1. The predicted molar refractivity (Wildman–Crippen MR) is 162 cm³/mol. The van der Waals surface area contributed by atoms with E-state index in [0.29, 0.717) is 34.5 Å². The van der Waals surface area contributed by atoms with E-state index >= 15 is 0 Å². The van der Waals surface area contributed by atoms with Gasteiger partial charge in [-0.25, -0.2) is 4.98 Å². The summed E-state index contributed by atoms with van der Waals surface area (Å²) in [6, 6.07) is 12.8. The number of aromatic nitrogens is 1. The molecule has 0 radical (unpaired) electrons. The molecule has 2 aliphatic heterocycles. The van der Waals surface area contributed by atoms with Gasteiger partial charge in [0.1, 0.15) is 6.04 Å². The smallest absolute Gasteiger partial charge is 0.244 e. The molecular formula is C28H31Cl2N5O3S2. The van der Waals surface area contributed by atoms with Crippen LogP contribution < -0.4 is 16.0 Å². The highest BCUT2D eigenvalue weighted by Gasteiger charge is 2.31. The van der Waals surface area contributed by atoms with Crippen LogP contribution in [0.4, 0.5) is 5.69 Å². The molecule has 4 N–H and O–H groups in total. The van der Waals surface area contributed by atoms with Crippen molar-refractivity contribution in [3.63, 3.8) is 0 Å².